The Kier molecular flexibility index (Phi) is 5.38. The monoisotopic (exact) mass is 436 g/mol. The quantitative estimate of drug-likeness (QED) is 0.330. The van der Waals surface area contributed by atoms with Crippen LogP contribution in [-0.2, 0) is 6.42 Å². The largest absolute Gasteiger partial charge is 0.440 e. The van der Waals surface area contributed by atoms with E-state index in [0.29, 0.717) is 35.1 Å². The molecule has 162 valence electrons. The highest BCUT2D eigenvalue weighted by Gasteiger charge is 2.12. The molecule has 0 unspecified atom stereocenters. The number of oxazole rings is 1. The molecule has 33 heavy (non-hydrogen) atoms. The summed E-state index contributed by atoms with van der Waals surface area (Å²) in [5.41, 5.74) is 11.0. The van der Waals surface area contributed by atoms with Crippen molar-refractivity contribution in [2.75, 3.05) is 16.4 Å². The zero-order valence-corrected chi connectivity index (χ0v) is 17.5. The molecule has 0 spiro atoms. The summed E-state index contributed by atoms with van der Waals surface area (Å²) in [6.45, 7) is 0. The first kappa shape index (κ1) is 20.2. The standard InChI is InChI=1S/C25H20N6O2/c26-18-10-11-21-22(15-18)33-24(27-21)14-17-8-4-5-9-19(17)28-25(32)29-23-13-12-20(30-31-23)16-6-2-1-3-7-16/h1-13,15H,14,26H2,(H2,28,29,31,32). The van der Waals surface area contributed by atoms with Crippen LogP contribution in [0.15, 0.2) is 89.3 Å². The number of nitrogens with one attached hydrogen (secondary N) is 2. The summed E-state index contributed by atoms with van der Waals surface area (Å²) in [6, 6.07) is 25.6. The van der Waals surface area contributed by atoms with Crippen LogP contribution in [-0.4, -0.2) is 21.2 Å². The molecule has 0 bridgehead atoms. The summed E-state index contributed by atoms with van der Waals surface area (Å²) in [6.07, 6.45) is 0.413. The molecule has 0 aliphatic rings. The molecule has 0 fully saturated rings. The molecule has 8 heteroatoms. The van der Waals surface area contributed by atoms with Crippen LogP contribution in [0.3, 0.4) is 0 Å². The second kappa shape index (κ2) is 8.80. The van der Waals surface area contributed by atoms with E-state index >= 15 is 0 Å². The van der Waals surface area contributed by atoms with Gasteiger partial charge in [-0.2, -0.15) is 0 Å². The summed E-state index contributed by atoms with van der Waals surface area (Å²) < 4.78 is 5.82. The third-order valence-electron chi connectivity index (χ3n) is 5.04. The minimum absolute atomic E-state index is 0.348. The predicted molar refractivity (Wildman–Crippen MR) is 128 cm³/mol. The van der Waals surface area contributed by atoms with Crippen LogP contribution in [0.5, 0.6) is 0 Å². The van der Waals surface area contributed by atoms with Crippen LogP contribution in [0.4, 0.5) is 22.0 Å². The van der Waals surface area contributed by atoms with Crippen LogP contribution in [0.1, 0.15) is 11.5 Å². The molecule has 0 saturated heterocycles. The Hall–Kier alpha value is -4.72. The number of hydrogen-bond donors (Lipinski definition) is 3. The Balaban J connectivity index is 1.28. The smallest absolute Gasteiger partial charge is 0.324 e. The van der Waals surface area contributed by atoms with Crippen molar-refractivity contribution in [3.8, 4) is 11.3 Å². The maximum absolute atomic E-state index is 12.6. The average molecular weight is 436 g/mol. The van der Waals surface area contributed by atoms with Gasteiger partial charge in [-0.25, -0.2) is 9.78 Å². The number of nitrogen functional groups attached to an aromatic ring is 1. The van der Waals surface area contributed by atoms with Crippen molar-refractivity contribution in [1.29, 1.82) is 0 Å². The van der Waals surface area contributed by atoms with E-state index in [2.05, 4.69) is 25.8 Å². The van der Waals surface area contributed by atoms with Gasteiger partial charge in [-0.15, -0.1) is 10.2 Å². The maximum atomic E-state index is 12.6. The molecule has 3 aromatic carbocycles. The van der Waals surface area contributed by atoms with Crippen molar-refractivity contribution in [3.63, 3.8) is 0 Å². The zero-order chi connectivity index (χ0) is 22.6. The second-order valence-electron chi connectivity index (χ2n) is 7.42. The van der Waals surface area contributed by atoms with Crippen molar-refractivity contribution in [1.82, 2.24) is 15.2 Å². The lowest BCUT2D eigenvalue weighted by Crippen LogP contribution is -2.21. The van der Waals surface area contributed by atoms with Crippen molar-refractivity contribution < 1.29 is 9.21 Å². The minimum Gasteiger partial charge on any atom is -0.440 e. The molecule has 0 radical (unpaired) electrons. The van der Waals surface area contributed by atoms with Gasteiger partial charge in [0.1, 0.15) is 5.52 Å². The first-order valence-corrected chi connectivity index (χ1v) is 10.3. The Morgan fingerprint density at radius 3 is 2.52 bits per heavy atom. The molecule has 0 aliphatic carbocycles. The number of fused-ring (bicyclic) bond motifs is 1. The van der Waals surface area contributed by atoms with Crippen molar-refractivity contribution >= 4 is 34.3 Å². The van der Waals surface area contributed by atoms with Crippen LogP contribution < -0.4 is 16.4 Å². The summed E-state index contributed by atoms with van der Waals surface area (Å²) >= 11 is 0. The SMILES string of the molecule is Nc1ccc2nc(Cc3ccccc3NC(=O)Nc3ccc(-c4ccccc4)nn3)oc2c1. The van der Waals surface area contributed by atoms with Gasteiger partial charge in [-0.05, 0) is 35.9 Å². The van der Waals surface area contributed by atoms with Gasteiger partial charge in [0.15, 0.2) is 17.3 Å². The average Bonchev–Trinajstić information content (AvgIpc) is 3.23. The van der Waals surface area contributed by atoms with E-state index in [4.69, 9.17) is 10.2 Å². The molecule has 0 saturated carbocycles. The van der Waals surface area contributed by atoms with Crippen molar-refractivity contribution in [2.24, 2.45) is 0 Å². The number of urea groups is 1. The normalized spacial score (nSPS) is 10.8. The third kappa shape index (κ3) is 4.64. The first-order chi connectivity index (χ1) is 16.1. The van der Waals surface area contributed by atoms with E-state index in [0.717, 1.165) is 22.3 Å². The van der Waals surface area contributed by atoms with Gasteiger partial charge in [0.25, 0.3) is 0 Å². The van der Waals surface area contributed by atoms with Crippen LogP contribution in [0.25, 0.3) is 22.4 Å². The van der Waals surface area contributed by atoms with Crippen LogP contribution in [0.2, 0.25) is 0 Å². The van der Waals surface area contributed by atoms with E-state index in [-0.39, 0.29) is 0 Å². The Morgan fingerprint density at radius 2 is 1.70 bits per heavy atom. The van der Waals surface area contributed by atoms with Gasteiger partial charge in [-0.3, -0.25) is 5.32 Å². The summed E-state index contributed by atoms with van der Waals surface area (Å²) in [4.78, 5) is 17.1. The zero-order valence-electron chi connectivity index (χ0n) is 17.5. The van der Waals surface area contributed by atoms with E-state index in [1.807, 2.05) is 66.7 Å². The fourth-order valence-corrected chi connectivity index (χ4v) is 3.46. The molecular formula is C25H20N6O2. The number of carbonyl (C=O) groups excluding carboxylic acids is 1. The van der Waals surface area contributed by atoms with Gasteiger partial charge < -0.3 is 15.5 Å². The predicted octanol–water partition coefficient (Wildman–Crippen LogP) is 5.10. The lowest BCUT2D eigenvalue weighted by molar-refractivity contribution is 0.262. The van der Waals surface area contributed by atoms with Gasteiger partial charge in [0.05, 0.1) is 12.1 Å². The van der Waals surface area contributed by atoms with Crippen molar-refractivity contribution in [3.05, 3.63) is 96.4 Å². The number of carbonyl (C=O) groups is 1. The number of rotatable bonds is 5. The number of benzene rings is 3. The molecular weight excluding hydrogens is 416 g/mol. The Morgan fingerprint density at radius 1 is 0.879 bits per heavy atom. The molecule has 4 N–H and O–H groups in total. The summed E-state index contributed by atoms with van der Waals surface area (Å²) in [7, 11) is 0. The van der Waals surface area contributed by atoms with Gasteiger partial charge in [-0.1, -0.05) is 48.5 Å². The molecule has 2 amide bonds. The molecule has 0 aliphatic heterocycles. The van der Waals surface area contributed by atoms with E-state index in [9.17, 15) is 4.79 Å². The van der Waals surface area contributed by atoms with Crippen LogP contribution in [0, 0.1) is 0 Å². The lowest BCUT2D eigenvalue weighted by atomic mass is 10.1. The van der Waals surface area contributed by atoms with E-state index in [1.54, 1.807) is 18.2 Å². The molecule has 0 atom stereocenters. The fraction of sp³-hybridized carbons (Fsp3) is 0.0400. The van der Waals surface area contributed by atoms with Crippen LogP contribution >= 0.6 is 0 Å². The van der Waals surface area contributed by atoms with E-state index < -0.39 is 6.03 Å². The van der Waals surface area contributed by atoms with Gasteiger partial charge in [0, 0.05) is 23.0 Å². The fourth-order valence-electron chi connectivity index (χ4n) is 3.46. The number of amides is 2. The molecule has 2 aromatic heterocycles. The highest BCUT2D eigenvalue weighted by Crippen LogP contribution is 2.23. The summed E-state index contributed by atoms with van der Waals surface area (Å²) in [5, 5.41) is 13.9. The number of para-hydroxylation sites is 1. The molecule has 2 heterocycles. The molecule has 5 rings (SSSR count). The number of anilines is 3. The Bertz CT molecular complexity index is 1410. The van der Waals surface area contributed by atoms with Gasteiger partial charge in [0.2, 0.25) is 0 Å². The van der Waals surface area contributed by atoms with Crippen molar-refractivity contribution in [2.45, 2.75) is 6.42 Å². The minimum atomic E-state index is -0.422. The first-order valence-electron chi connectivity index (χ1n) is 10.3. The maximum Gasteiger partial charge on any atom is 0.324 e. The van der Waals surface area contributed by atoms with Gasteiger partial charge >= 0.3 is 6.03 Å². The third-order valence-corrected chi connectivity index (χ3v) is 5.04. The topological polar surface area (TPSA) is 119 Å². The molecule has 8 nitrogen and oxygen atoms in total. The Labute approximate surface area is 189 Å². The number of hydrogen-bond acceptors (Lipinski definition) is 6. The highest BCUT2D eigenvalue weighted by atomic mass is 16.3. The number of aromatic nitrogens is 3. The molecule has 5 aromatic rings. The second-order valence-corrected chi connectivity index (χ2v) is 7.42. The lowest BCUT2D eigenvalue weighted by Gasteiger charge is -2.11. The summed E-state index contributed by atoms with van der Waals surface area (Å²) in [5.74, 6) is 0.883. The van der Waals surface area contributed by atoms with E-state index in [1.165, 1.54) is 0 Å². The highest BCUT2D eigenvalue weighted by molar-refractivity contribution is 5.99. The number of nitrogens with zero attached hydrogens (tertiary/aromatic N) is 3. The number of nitrogens with two attached hydrogens (primary N) is 1.